The van der Waals surface area contributed by atoms with Crippen LogP contribution < -0.4 is 0 Å². The smallest absolute Gasteiger partial charge is 0.112 e. The average molecular weight is 163 g/mol. The minimum atomic E-state index is 0.778. The van der Waals surface area contributed by atoms with Crippen molar-refractivity contribution in [1.29, 1.82) is 0 Å². The lowest BCUT2D eigenvalue weighted by molar-refractivity contribution is 1.06. The van der Waals surface area contributed by atoms with Crippen LogP contribution in [0.2, 0.25) is 0 Å². The van der Waals surface area contributed by atoms with Crippen molar-refractivity contribution in [2.75, 3.05) is 0 Å². The Kier molecular flexibility index (Phi) is 1.47. The van der Waals surface area contributed by atoms with Gasteiger partial charge in [0.25, 0.3) is 0 Å². The molecular formula is C7H5N3S. The number of rotatable bonds is 0. The topological polar surface area (TPSA) is 38.7 Å². The Morgan fingerprint density at radius 1 is 1.27 bits per heavy atom. The molecule has 0 aliphatic heterocycles. The van der Waals surface area contributed by atoms with Crippen LogP contribution in [0.1, 0.15) is 0 Å². The molecule has 0 radical (unpaired) electrons. The number of aromatic nitrogens is 3. The van der Waals surface area contributed by atoms with E-state index in [1.165, 1.54) is 0 Å². The molecule has 2 aromatic rings. The van der Waals surface area contributed by atoms with Gasteiger partial charge in [-0.1, -0.05) is 0 Å². The molecule has 54 valence electrons. The van der Waals surface area contributed by atoms with E-state index in [0.717, 1.165) is 15.8 Å². The van der Waals surface area contributed by atoms with Crippen LogP contribution in [0.15, 0.2) is 29.6 Å². The molecule has 2 aromatic heterocycles. The number of nitrogens with zero attached hydrogens (tertiary/aromatic N) is 3. The molecule has 0 spiro atoms. The number of hydrogen-bond acceptors (Lipinski definition) is 4. The van der Waals surface area contributed by atoms with E-state index in [0.29, 0.717) is 0 Å². The van der Waals surface area contributed by atoms with Gasteiger partial charge in [-0.2, -0.15) is 5.10 Å². The molecule has 4 heteroatoms. The van der Waals surface area contributed by atoms with Gasteiger partial charge in [-0.25, -0.2) is 0 Å². The molecule has 0 unspecified atom stereocenters. The summed E-state index contributed by atoms with van der Waals surface area (Å²) in [5.74, 6) is 0. The van der Waals surface area contributed by atoms with Crippen LogP contribution in [0.3, 0.4) is 0 Å². The standard InChI is InChI=1S/C7H5N3S/c11-7-4-8-3-6-5(7)1-2-9-10-6/h1-4,11H. The predicted octanol–water partition coefficient (Wildman–Crippen LogP) is 1.31. The second-order valence-electron chi connectivity index (χ2n) is 2.12. The SMILES string of the molecule is Sc1cncc2nnccc12. The van der Waals surface area contributed by atoms with Crippen LogP contribution >= 0.6 is 12.6 Å². The monoisotopic (exact) mass is 163 g/mol. The van der Waals surface area contributed by atoms with Gasteiger partial charge in [-0.05, 0) is 6.07 Å². The molecule has 0 bridgehead atoms. The summed E-state index contributed by atoms with van der Waals surface area (Å²) < 4.78 is 0. The van der Waals surface area contributed by atoms with E-state index in [9.17, 15) is 0 Å². The third-order valence-electron chi connectivity index (χ3n) is 1.42. The first-order chi connectivity index (χ1) is 5.38. The van der Waals surface area contributed by atoms with Crippen molar-refractivity contribution in [2.45, 2.75) is 4.90 Å². The Bertz CT molecular complexity index is 383. The third-order valence-corrected chi connectivity index (χ3v) is 1.78. The quantitative estimate of drug-likeness (QED) is 0.595. The van der Waals surface area contributed by atoms with Crippen LogP contribution in [-0.4, -0.2) is 15.2 Å². The molecule has 0 atom stereocenters. The minimum absolute atomic E-state index is 0.778. The number of hydrogen-bond donors (Lipinski definition) is 1. The fourth-order valence-electron chi connectivity index (χ4n) is 0.903. The molecule has 0 aromatic carbocycles. The maximum Gasteiger partial charge on any atom is 0.112 e. The Labute approximate surface area is 68.9 Å². The van der Waals surface area contributed by atoms with Crippen LogP contribution in [0.25, 0.3) is 10.9 Å². The first-order valence-corrected chi connectivity index (χ1v) is 3.57. The maximum atomic E-state index is 4.22. The van der Waals surface area contributed by atoms with Gasteiger partial charge < -0.3 is 0 Å². The number of pyridine rings is 1. The second kappa shape index (κ2) is 2.47. The maximum absolute atomic E-state index is 4.22. The summed E-state index contributed by atoms with van der Waals surface area (Å²) in [6, 6.07) is 1.87. The lowest BCUT2D eigenvalue weighted by Crippen LogP contribution is -1.84. The van der Waals surface area contributed by atoms with Crippen molar-refractivity contribution in [3.05, 3.63) is 24.7 Å². The van der Waals surface area contributed by atoms with Crippen LogP contribution in [-0.2, 0) is 0 Å². The van der Waals surface area contributed by atoms with Gasteiger partial charge in [0.15, 0.2) is 0 Å². The molecule has 0 fully saturated rings. The Morgan fingerprint density at radius 3 is 3.00 bits per heavy atom. The molecule has 0 aliphatic rings. The zero-order valence-electron chi connectivity index (χ0n) is 5.60. The highest BCUT2D eigenvalue weighted by atomic mass is 32.1. The Balaban J connectivity index is 2.91. The lowest BCUT2D eigenvalue weighted by Gasteiger charge is -1.95. The highest BCUT2D eigenvalue weighted by Crippen LogP contribution is 2.16. The summed E-state index contributed by atoms with van der Waals surface area (Å²) in [6.45, 7) is 0. The van der Waals surface area contributed by atoms with Gasteiger partial charge in [0.05, 0.1) is 12.4 Å². The lowest BCUT2D eigenvalue weighted by atomic mass is 10.3. The predicted molar refractivity (Wildman–Crippen MR) is 44.6 cm³/mol. The normalized spacial score (nSPS) is 10.3. The minimum Gasteiger partial charge on any atom is -0.261 e. The van der Waals surface area contributed by atoms with Crippen LogP contribution in [0.5, 0.6) is 0 Å². The first-order valence-electron chi connectivity index (χ1n) is 3.12. The van der Waals surface area contributed by atoms with Crippen molar-refractivity contribution in [2.24, 2.45) is 0 Å². The fraction of sp³-hybridized carbons (Fsp3) is 0. The van der Waals surface area contributed by atoms with Gasteiger partial charge >= 0.3 is 0 Å². The fourth-order valence-corrected chi connectivity index (χ4v) is 1.16. The molecule has 0 saturated heterocycles. The molecule has 0 aliphatic carbocycles. The van der Waals surface area contributed by atoms with E-state index in [1.807, 2.05) is 6.07 Å². The molecule has 3 nitrogen and oxygen atoms in total. The largest absolute Gasteiger partial charge is 0.261 e. The zero-order chi connectivity index (χ0) is 7.68. The van der Waals surface area contributed by atoms with Gasteiger partial charge in [0.1, 0.15) is 5.52 Å². The molecule has 2 rings (SSSR count). The zero-order valence-corrected chi connectivity index (χ0v) is 6.49. The molecule has 0 saturated carbocycles. The summed E-state index contributed by atoms with van der Waals surface area (Å²) >= 11 is 4.22. The summed E-state index contributed by atoms with van der Waals surface area (Å²) in [5, 5.41) is 8.60. The molecule has 0 N–H and O–H groups in total. The van der Waals surface area contributed by atoms with Crippen molar-refractivity contribution in [1.82, 2.24) is 15.2 Å². The van der Waals surface area contributed by atoms with Gasteiger partial charge in [0, 0.05) is 16.5 Å². The molecule has 2 heterocycles. The Morgan fingerprint density at radius 2 is 2.18 bits per heavy atom. The van der Waals surface area contributed by atoms with Gasteiger partial charge in [-0.15, -0.1) is 17.7 Å². The van der Waals surface area contributed by atoms with Crippen molar-refractivity contribution in [3.8, 4) is 0 Å². The van der Waals surface area contributed by atoms with E-state index in [4.69, 9.17) is 0 Å². The van der Waals surface area contributed by atoms with Gasteiger partial charge in [0.2, 0.25) is 0 Å². The van der Waals surface area contributed by atoms with Crippen molar-refractivity contribution >= 4 is 23.5 Å². The summed E-state index contributed by atoms with van der Waals surface area (Å²) in [7, 11) is 0. The number of thiol groups is 1. The summed E-state index contributed by atoms with van der Waals surface area (Å²) in [6.07, 6.45) is 5.00. The number of fused-ring (bicyclic) bond motifs is 1. The highest BCUT2D eigenvalue weighted by Gasteiger charge is 1.96. The third kappa shape index (κ3) is 1.05. The van der Waals surface area contributed by atoms with E-state index in [-0.39, 0.29) is 0 Å². The van der Waals surface area contributed by atoms with E-state index < -0.39 is 0 Å². The van der Waals surface area contributed by atoms with E-state index >= 15 is 0 Å². The van der Waals surface area contributed by atoms with Crippen LogP contribution in [0.4, 0.5) is 0 Å². The highest BCUT2D eigenvalue weighted by molar-refractivity contribution is 7.80. The summed E-state index contributed by atoms with van der Waals surface area (Å²) in [5.41, 5.74) is 0.778. The van der Waals surface area contributed by atoms with Crippen molar-refractivity contribution < 1.29 is 0 Å². The van der Waals surface area contributed by atoms with Gasteiger partial charge in [-0.3, -0.25) is 4.98 Å². The summed E-state index contributed by atoms with van der Waals surface area (Å²) in [4.78, 5) is 4.76. The molecule has 11 heavy (non-hydrogen) atoms. The Hall–Kier alpha value is -1.16. The molecule has 0 amide bonds. The van der Waals surface area contributed by atoms with E-state index in [2.05, 4.69) is 27.8 Å². The van der Waals surface area contributed by atoms with Crippen LogP contribution in [0, 0.1) is 0 Å². The second-order valence-corrected chi connectivity index (χ2v) is 2.60. The first kappa shape index (κ1) is 6.54. The molecular weight excluding hydrogens is 158 g/mol. The van der Waals surface area contributed by atoms with E-state index in [1.54, 1.807) is 18.6 Å². The average Bonchev–Trinajstić information content (AvgIpc) is 2.06. The van der Waals surface area contributed by atoms with Crippen molar-refractivity contribution in [3.63, 3.8) is 0 Å².